The number of hydrogen-bond acceptors (Lipinski definition) is 2. The van der Waals surface area contributed by atoms with Crippen LogP contribution in [0, 0.1) is 0 Å². The van der Waals surface area contributed by atoms with E-state index in [9.17, 15) is 0 Å². The molecule has 0 aromatic heterocycles. The van der Waals surface area contributed by atoms with E-state index in [1.807, 2.05) is 0 Å². The minimum Gasteiger partial charge on any atom is -0.400 e. The first-order valence-corrected chi connectivity index (χ1v) is 0.894. The molecule has 0 saturated heterocycles. The van der Waals surface area contributed by atoms with Crippen LogP contribution in [-0.2, 0) is 21.7 Å². The SMILES string of the molecule is Br.Br.CO.CO.[Ti]. The topological polar surface area (TPSA) is 40.5 Å². The van der Waals surface area contributed by atoms with Crippen LogP contribution in [0.2, 0.25) is 0 Å². The summed E-state index contributed by atoms with van der Waals surface area (Å²) in [4.78, 5) is 0. The average Bonchev–Trinajstić information content (AvgIpc) is 1.50. The van der Waals surface area contributed by atoms with Crippen LogP contribution in [0.25, 0.3) is 0 Å². The quantitative estimate of drug-likeness (QED) is 0.626. The Balaban J connectivity index is -0.00000000267. The van der Waals surface area contributed by atoms with Gasteiger partial charge in [-0.3, -0.25) is 0 Å². The summed E-state index contributed by atoms with van der Waals surface area (Å²) in [5.41, 5.74) is 0. The maximum absolute atomic E-state index is 7.00. The summed E-state index contributed by atoms with van der Waals surface area (Å²) in [5, 5.41) is 14.0. The number of halogens is 2. The predicted octanol–water partition coefficient (Wildman–Crippen LogP) is 0.370. The van der Waals surface area contributed by atoms with Gasteiger partial charge in [-0.25, -0.2) is 0 Å². The molecular formula is C2H10Br2O2Ti. The third-order valence-electron chi connectivity index (χ3n) is 0. The standard InChI is InChI=1S/2CH4O.2BrH.Ti/c2*1-2;;;/h2*2H,1H3;2*1H;. The predicted molar refractivity (Wildman–Crippen MR) is 36.9 cm³/mol. The Labute approximate surface area is 79.7 Å². The second kappa shape index (κ2) is 130. The van der Waals surface area contributed by atoms with Crippen molar-refractivity contribution in [3.05, 3.63) is 0 Å². The average molecular weight is 274 g/mol. The van der Waals surface area contributed by atoms with Crippen molar-refractivity contribution in [2.45, 2.75) is 0 Å². The third kappa shape index (κ3) is 93.5. The maximum Gasteiger partial charge on any atom is 0.0319 e. The van der Waals surface area contributed by atoms with E-state index in [0.717, 1.165) is 14.2 Å². The fourth-order valence-electron chi connectivity index (χ4n) is 0. The Bertz CT molecular complexity index is 13.7. The van der Waals surface area contributed by atoms with Gasteiger partial charge in [0.1, 0.15) is 0 Å². The molecule has 0 bridgehead atoms. The zero-order valence-corrected chi connectivity index (χ0v) is 9.20. The van der Waals surface area contributed by atoms with Crippen LogP contribution in [0.5, 0.6) is 0 Å². The van der Waals surface area contributed by atoms with Gasteiger partial charge in [0, 0.05) is 35.9 Å². The monoisotopic (exact) mass is 272 g/mol. The van der Waals surface area contributed by atoms with Gasteiger partial charge in [-0.15, -0.1) is 34.0 Å². The Morgan fingerprint density at radius 1 is 0.714 bits per heavy atom. The molecule has 0 saturated carbocycles. The number of hydrogen-bond donors (Lipinski definition) is 2. The van der Waals surface area contributed by atoms with Gasteiger partial charge in [0.15, 0.2) is 0 Å². The summed E-state index contributed by atoms with van der Waals surface area (Å²) in [6.45, 7) is 0. The fraction of sp³-hybridized carbons (Fsp3) is 1.00. The number of aliphatic hydroxyl groups excluding tert-OH is 2. The molecular weight excluding hydrogens is 264 g/mol. The van der Waals surface area contributed by atoms with Gasteiger partial charge in [-0.05, 0) is 0 Å². The summed E-state index contributed by atoms with van der Waals surface area (Å²) >= 11 is 0. The molecule has 0 aliphatic rings. The van der Waals surface area contributed by atoms with Crippen molar-refractivity contribution in [3.8, 4) is 0 Å². The van der Waals surface area contributed by atoms with Gasteiger partial charge >= 0.3 is 0 Å². The Morgan fingerprint density at radius 2 is 0.714 bits per heavy atom. The molecule has 0 spiro atoms. The van der Waals surface area contributed by atoms with Gasteiger partial charge in [-0.2, -0.15) is 0 Å². The molecule has 0 fully saturated rings. The Kier molecular flexibility index (Phi) is 712. The molecule has 0 aliphatic carbocycles. The van der Waals surface area contributed by atoms with Gasteiger partial charge in [0.05, 0.1) is 0 Å². The number of rotatable bonds is 0. The number of aliphatic hydroxyl groups is 2. The van der Waals surface area contributed by atoms with Crippen molar-refractivity contribution in [1.82, 2.24) is 0 Å². The van der Waals surface area contributed by atoms with Crippen molar-refractivity contribution in [3.63, 3.8) is 0 Å². The molecule has 0 amide bonds. The largest absolute Gasteiger partial charge is 0.400 e. The van der Waals surface area contributed by atoms with E-state index in [4.69, 9.17) is 10.2 Å². The Hall–Kier alpha value is 1.59. The van der Waals surface area contributed by atoms with Gasteiger partial charge in [0.25, 0.3) is 0 Å². The Morgan fingerprint density at radius 3 is 0.714 bits per heavy atom. The van der Waals surface area contributed by atoms with E-state index in [0.29, 0.717) is 0 Å². The zero-order chi connectivity index (χ0) is 4.00. The fourth-order valence-corrected chi connectivity index (χ4v) is 0. The van der Waals surface area contributed by atoms with Crippen LogP contribution < -0.4 is 0 Å². The molecule has 0 atom stereocenters. The van der Waals surface area contributed by atoms with Crippen LogP contribution in [0.1, 0.15) is 0 Å². The first-order chi connectivity index (χ1) is 2.00. The first-order valence-electron chi connectivity index (χ1n) is 0.894. The molecule has 0 radical (unpaired) electrons. The summed E-state index contributed by atoms with van der Waals surface area (Å²) in [5.74, 6) is 0. The molecule has 2 N–H and O–H groups in total. The minimum atomic E-state index is 0. The molecule has 0 rings (SSSR count). The van der Waals surface area contributed by atoms with Crippen molar-refractivity contribution in [2.75, 3.05) is 14.2 Å². The third-order valence-corrected chi connectivity index (χ3v) is 0. The first kappa shape index (κ1) is 38.4. The minimum absolute atomic E-state index is 0. The van der Waals surface area contributed by atoms with E-state index < -0.39 is 0 Å². The molecule has 5 heteroatoms. The van der Waals surface area contributed by atoms with E-state index in [-0.39, 0.29) is 55.7 Å². The normalized spacial score (nSPS) is 1.71. The molecule has 0 aromatic carbocycles. The van der Waals surface area contributed by atoms with Gasteiger partial charge in [-0.1, -0.05) is 0 Å². The summed E-state index contributed by atoms with van der Waals surface area (Å²) in [6, 6.07) is 0. The summed E-state index contributed by atoms with van der Waals surface area (Å²) in [6.07, 6.45) is 0. The van der Waals surface area contributed by atoms with Crippen LogP contribution in [0.3, 0.4) is 0 Å². The zero-order valence-electron chi connectivity index (χ0n) is 4.21. The van der Waals surface area contributed by atoms with Crippen LogP contribution in [0.4, 0.5) is 0 Å². The summed E-state index contributed by atoms with van der Waals surface area (Å²) < 4.78 is 0. The van der Waals surface area contributed by atoms with Crippen LogP contribution >= 0.6 is 34.0 Å². The van der Waals surface area contributed by atoms with E-state index in [1.165, 1.54) is 0 Å². The molecule has 0 heterocycles. The van der Waals surface area contributed by atoms with Crippen molar-refractivity contribution in [2.24, 2.45) is 0 Å². The van der Waals surface area contributed by atoms with Crippen molar-refractivity contribution >= 4 is 34.0 Å². The van der Waals surface area contributed by atoms with E-state index in [2.05, 4.69) is 0 Å². The second-order valence-corrected chi connectivity index (χ2v) is 0. The van der Waals surface area contributed by atoms with Gasteiger partial charge in [0.2, 0.25) is 0 Å². The molecule has 2 nitrogen and oxygen atoms in total. The molecule has 0 aliphatic heterocycles. The van der Waals surface area contributed by atoms with E-state index in [1.54, 1.807) is 0 Å². The van der Waals surface area contributed by atoms with Crippen LogP contribution in [0.15, 0.2) is 0 Å². The maximum atomic E-state index is 7.00. The van der Waals surface area contributed by atoms with Crippen LogP contribution in [-0.4, -0.2) is 24.4 Å². The molecule has 0 aromatic rings. The van der Waals surface area contributed by atoms with Crippen molar-refractivity contribution in [1.29, 1.82) is 0 Å². The molecule has 48 valence electrons. The second-order valence-electron chi connectivity index (χ2n) is 0. The van der Waals surface area contributed by atoms with Crippen molar-refractivity contribution < 1.29 is 31.9 Å². The van der Waals surface area contributed by atoms with E-state index >= 15 is 0 Å². The molecule has 0 unspecified atom stereocenters. The van der Waals surface area contributed by atoms with Gasteiger partial charge < -0.3 is 10.2 Å². The molecule has 7 heavy (non-hydrogen) atoms. The smallest absolute Gasteiger partial charge is 0.0319 e. The summed E-state index contributed by atoms with van der Waals surface area (Å²) in [7, 11) is 2.00.